The zero-order valence-corrected chi connectivity index (χ0v) is 26.1. The van der Waals surface area contributed by atoms with Gasteiger partial charge in [0.15, 0.2) is 0 Å². The molecule has 0 aromatic carbocycles. The van der Waals surface area contributed by atoms with Gasteiger partial charge >= 0.3 is 7.82 Å². The van der Waals surface area contributed by atoms with Gasteiger partial charge in [0.1, 0.15) is 13.2 Å². The first-order valence-electron chi connectivity index (χ1n) is 15.1. The third-order valence-electron chi connectivity index (χ3n) is 6.49. The number of nitrogens with one attached hydrogen (secondary N) is 1. The topological polar surface area (TPSA) is 105 Å². The lowest BCUT2D eigenvalue weighted by atomic mass is 10.0. The van der Waals surface area contributed by atoms with E-state index in [0.29, 0.717) is 17.4 Å². The van der Waals surface area contributed by atoms with E-state index < -0.39 is 20.0 Å². The number of allylic oxidation sites excluding steroid dienone is 1. The molecule has 0 aliphatic heterocycles. The second-order valence-corrected chi connectivity index (χ2v) is 12.9. The molecule has 0 aliphatic rings. The van der Waals surface area contributed by atoms with Crippen LogP contribution in [-0.4, -0.2) is 73.4 Å². The molecule has 1 amide bonds. The van der Waals surface area contributed by atoms with E-state index in [2.05, 4.69) is 12.2 Å². The van der Waals surface area contributed by atoms with Gasteiger partial charge in [0.05, 0.1) is 39.9 Å². The number of nitrogens with zero attached hydrogens (tertiary/aromatic N) is 1. The minimum absolute atomic E-state index is 0.0618. The molecule has 0 saturated heterocycles. The Morgan fingerprint density at radius 1 is 0.868 bits per heavy atom. The fourth-order valence-electron chi connectivity index (χ4n) is 3.99. The van der Waals surface area contributed by atoms with E-state index in [9.17, 15) is 19.4 Å². The number of unbranched alkanes of at least 4 members (excludes halogenated alkanes) is 13. The molecular weight excluding hydrogens is 503 g/mol. The molecule has 0 fully saturated rings. The van der Waals surface area contributed by atoms with Gasteiger partial charge in [-0.2, -0.15) is 0 Å². The predicted molar refractivity (Wildman–Crippen MR) is 157 cm³/mol. The van der Waals surface area contributed by atoms with Crippen molar-refractivity contribution < 1.29 is 32.9 Å². The van der Waals surface area contributed by atoms with E-state index in [-0.39, 0.29) is 19.1 Å². The smallest absolute Gasteiger partial charge is 0.387 e. The lowest BCUT2D eigenvalue weighted by Gasteiger charge is -2.25. The average Bonchev–Trinajstić information content (AvgIpc) is 2.83. The molecule has 3 atom stereocenters. The molecule has 38 heavy (non-hydrogen) atoms. The number of carbonyl (C=O) groups is 1. The van der Waals surface area contributed by atoms with Crippen LogP contribution in [0.1, 0.15) is 117 Å². The number of phosphoric ester groups is 1. The van der Waals surface area contributed by atoms with Crippen molar-refractivity contribution in [3.8, 4) is 0 Å². The monoisotopic (exact) mass is 563 g/mol. The number of carbonyl (C=O) groups excluding carboxylic acids is 1. The minimum Gasteiger partial charge on any atom is -0.387 e. The summed E-state index contributed by atoms with van der Waals surface area (Å²) in [6, 6.07) is -0.833. The second-order valence-electron chi connectivity index (χ2n) is 11.5. The van der Waals surface area contributed by atoms with Crippen molar-refractivity contribution >= 4 is 13.7 Å². The highest BCUT2D eigenvalue weighted by molar-refractivity contribution is 7.47. The molecule has 226 valence electrons. The minimum atomic E-state index is -4.29. The van der Waals surface area contributed by atoms with Crippen molar-refractivity contribution in [3.63, 3.8) is 0 Å². The van der Waals surface area contributed by atoms with Crippen LogP contribution in [-0.2, 0) is 18.4 Å². The fraction of sp³-hybridized carbons (Fsp3) is 0.897. The predicted octanol–water partition coefficient (Wildman–Crippen LogP) is 6.51. The van der Waals surface area contributed by atoms with Crippen LogP contribution < -0.4 is 5.32 Å². The maximum Gasteiger partial charge on any atom is 0.472 e. The quantitative estimate of drug-likeness (QED) is 0.0480. The Morgan fingerprint density at radius 3 is 1.89 bits per heavy atom. The largest absolute Gasteiger partial charge is 0.472 e. The van der Waals surface area contributed by atoms with Crippen molar-refractivity contribution in [1.82, 2.24) is 5.32 Å². The van der Waals surface area contributed by atoms with Gasteiger partial charge in [0.2, 0.25) is 5.91 Å². The molecule has 0 saturated carbocycles. The Bertz CT molecular complexity index is 653. The maximum atomic E-state index is 12.5. The summed E-state index contributed by atoms with van der Waals surface area (Å²) in [5.41, 5.74) is 0. The van der Waals surface area contributed by atoms with Crippen molar-refractivity contribution in [3.05, 3.63) is 12.2 Å². The van der Waals surface area contributed by atoms with E-state index in [1.165, 1.54) is 64.2 Å². The van der Waals surface area contributed by atoms with Crippen LogP contribution in [0.2, 0.25) is 0 Å². The average molecular weight is 564 g/mol. The van der Waals surface area contributed by atoms with Gasteiger partial charge in [0, 0.05) is 6.42 Å². The molecule has 0 spiro atoms. The number of hydrogen-bond donors (Lipinski definition) is 3. The third-order valence-corrected chi connectivity index (χ3v) is 7.47. The van der Waals surface area contributed by atoms with Crippen LogP contribution in [0.5, 0.6) is 0 Å². The molecule has 0 aromatic rings. The number of rotatable bonds is 26. The summed E-state index contributed by atoms with van der Waals surface area (Å²) in [6.07, 6.45) is 20.6. The third kappa shape index (κ3) is 24.3. The van der Waals surface area contributed by atoms with Crippen LogP contribution in [0.4, 0.5) is 0 Å². The van der Waals surface area contributed by atoms with Gasteiger partial charge in [-0.15, -0.1) is 0 Å². The lowest BCUT2D eigenvalue weighted by Crippen LogP contribution is -2.45. The first kappa shape index (κ1) is 37.2. The molecule has 0 aromatic heterocycles. The highest BCUT2D eigenvalue weighted by Gasteiger charge is 2.27. The Labute approximate surface area is 233 Å². The SMILES string of the molecule is CCC/C=C/C(O)C(COP(=O)(O)OCC[N+](C)(C)C)NC(=O)CCCCCCCCCCCCCCC. The molecule has 8 nitrogen and oxygen atoms in total. The number of aliphatic hydroxyl groups is 1. The molecule has 0 radical (unpaired) electrons. The maximum absolute atomic E-state index is 12.5. The van der Waals surface area contributed by atoms with E-state index in [1.807, 2.05) is 34.1 Å². The van der Waals surface area contributed by atoms with Crippen molar-refractivity contribution in [2.75, 3.05) is 40.9 Å². The molecule has 9 heteroatoms. The second kappa shape index (κ2) is 23.0. The summed E-state index contributed by atoms with van der Waals surface area (Å²) < 4.78 is 23.0. The molecule has 0 heterocycles. The van der Waals surface area contributed by atoms with Gasteiger partial charge in [0.25, 0.3) is 0 Å². The molecule has 0 aliphatic carbocycles. The van der Waals surface area contributed by atoms with Gasteiger partial charge in [-0.1, -0.05) is 109 Å². The molecule has 0 rings (SSSR count). The summed E-state index contributed by atoms with van der Waals surface area (Å²) in [5.74, 6) is -0.191. The van der Waals surface area contributed by atoms with E-state index in [1.54, 1.807) is 6.08 Å². The number of amides is 1. The first-order valence-corrected chi connectivity index (χ1v) is 16.6. The highest BCUT2D eigenvalue weighted by Crippen LogP contribution is 2.43. The Kier molecular flexibility index (Phi) is 22.5. The molecular formula is C29H60N2O6P+. The van der Waals surface area contributed by atoms with Gasteiger partial charge in [-0.05, 0) is 12.8 Å². The van der Waals surface area contributed by atoms with Crippen molar-refractivity contribution in [2.45, 2.75) is 129 Å². The zero-order valence-electron chi connectivity index (χ0n) is 25.2. The van der Waals surface area contributed by atoms with Gasteiger partial charge in [-0.25, -0.2) is 4.57 Å². The molecule has 0 bridgehead atoms. The first-order chi connectivity index (χ1) is 18.0. The van der Waals surface area contributed by atoms with E-state index >= 15 is 0 Å². The van der Waals surface area contributed by atoms with Crippen LogP contribution in [0.3, 0.4) is 0 Å². The number of aliphatic hydroxyl groups excluding tert-OH is 1. The van der Waals surface area contributed by atoms with Gasteiger partial charge < -0.3 is 19.8 Å². The van der Waals surface area contributed by atoms with E-state index in [4.69, 9.17) is 9.05 Å². The lowest BCUT2D eigenvalue weighted by molar-refractivity contribution is -0.870. The van der Waals surface area contributed by atoms with Crippen LogP contribution in [0, 0.1) is 0 Å². The normalized spacial score (nSPS) is 15.4. The van der Waals surface area contributed by atoms with E-state index in [0.717, 1.165) is 32.1 Å². The summed E-state index contributed by atoms with van der Waals surface area (Å²) in [4.78, 5) is 22.5. The summed E-state index contributed by atoms with van der Waals surface area (Å²) >= 11 is 0. The van der Waals surface area contributed by atoms with Gasteiger partial charge in [-0.3, -0.25) is 13.8 Å². The Hall–Kier alpha value is -0.760. The number of quaternary nitrogens is 1. The van der Waals surface area contributed by atoms with Crippen molar-refractivity contribution in [2.24, 2.45) is 0 Å². The summed E-state index contributed by atoms with van der Waals surface area (Å²) in [7, 11) is 1.56. The molecule has 3 N–H and O–H groups in total. The number of phosphoric acid groups is 1. The van der Waals surface area contributed by atoms with Crippen LogP contribution >= 0.6 is 7.82 Å². The number of hydrogen-bond acceptors (Lipinski definition) is 5. The zero-order chi connectivity index (χ0) is 28.7. The number of likely N-dealkylation sites (N-methyl/N-ethyl adjacent to an activating group) is 1. The standard InChI is InChI=1S/C29H59N2O6P/c1-6-8-10-11-12-13-14-15-16-17-18-19-21-23-29(33)30-27(28(32)22-20-9-7-2)26-37-38(34,35)36-25-24-31(3,4)5/h20,22,27-28,32H,6-19,21,23-26H2,1-5H3,(H-,30,33,34,35)/p+1/b22-20+. The van der Waals surface area contributed by atoms with Crippen LogP contribution in [0.25, 0.3) is 0 Å². The Balaban J connectivity index is 4.32. The van der Waals surface area contributed by atoms with Crippen molar-refractivity contribution in [1.29, 1.82) is 0 Å². The Morgan fingerprint density at radius 2 is 1.39 bits per heavy atom. The fourth-order valence-corrected chi connectivity index (χ4v) is 4.72. The summed E-state index contributed by atoms with van der Waals surface area (Å²) in [6.45, 7) is 4.56. The molecule has 3 unspecified atom stereocenters. The van der Waals surface area contributed by atoms with Crippen LogP contribution in [0.15, 0.2) is 12.2 Å². The summed E-state index contributed by atoms with van der Waals surface area (Å²) in [5, 5.41) is 13.3. The highest BCUT2D eigenvalue weighted by atomic mass is 31.2.